The molecule has 2 aromatic heterocycles. The summed E-state index contributed by atoms with van der Waals surface area (Å²) >= 11 is 1.03. The molecule has 19 heavy (non-hydrogen) atoms. The van der Waals surface area contributed by atoms with Crippen LogP contribution in [-0.4, -0.2) is 14.5 Å². The number of aromatic amines is 2. The topological polar surface area (TPSA) is 126 Å². The van der Waals surface area contributed by atoms with Gasteiger partial charge in [0.25, 0.3) is 5.56 Å². The maximum atomic E-state index is 11.7. The Balaban J connectivity index is 2.32. The minimum Gasteiger partial charge on any atom is -0.383 e. The van der Waals surface area contributed by atoms with Gasteiger partial charge in [0.2, 0.25) is 0 Å². The van der Waals surface area contributed by atoms with Crippen LogP contribution in [0, 0.1) is 0 Å². The summed E-state index contributed by atoms with van der Waals surface area (Å²) in [5.41, 5.74) is 5.42. The zero-order chi connectivity index (χ0) is 14.0. The third kappa shape index (κ3) is 2.60. The standard InChI is InChI=1S/C10H13N5O3S/c1-2-15-7(11)6(8(16)14-9(15)17)12-3-5-4-19-10(18)13-5/h4,12H,2-3,11H2,1H3,(H,13,18)(H,14,16,17). The molecule has 0 amide bonds. The van der Waals surface area contributed by atoms with E-state index in [2.05, 4.69) is 15.3 Å². The van der Waals surface area contributed by atoms with E-state index in [0.717, 1.165) is 11.3 Å². The average Bonchev–Trinajstić information content (AvgIpc) is 2.75. The van der Waals surface area contributed by atoms with Crippen molar-refractivity contribution in [2.45, 2.75) is 20.0 Å². The molecule has 0 aliphatic heterocycles. The zero-order valence-corrected chi connectivity index (χ0v) is 11.0. The fourth-order valence-electron chi connectivity index (χ4n) is 1.66. The van der Waals surface area contributed by atoms with Gasteiger partial charge in [-0.1, -0.05) is 11.3 Å². The van der Waals surface area contributed by atoms with Crippen molar-refractivity contribution in [3.63, 3.8) is 0 Å². The smallest absolute Gasteiger partial charge is 0.330 e. The second-order valence-electron chi connectivity index (χ2n) is 3.79. The highest BCUT2D eigenvalue weighted by atomic mass is 32.1. The molecule has 102 valence electrons. The highest BCUT2D eigenvalue weighted by Gasteiger charge is 2.11. The number of aromatic nitrogens is 3. The van der Waals surface area contributed by atoms with Gasteiger partial charge in [0, 0.05) is 17.6 Å². The highest BCUT2D eigenvalue weighted by Crippen LogP contribution is 2.11. The number of nitrogens with two attached hydrogens (primary N) is 1. The summed E-state index contributed by atoms with van der Waals surface area (Å²) in [6, 6.07) is 0. The van der Waals surface area contributed by atoms with Crippen molar-refractivity contribution in [3.05, 3.63) is 41.6 Å². The highest BCUT2D eigenvalue weighted by molar-refractivity contribution is 7.07. The number of thiazole rings is 1. The van der Waals surface area contributed by atoms with Crippen LogP contribution in [0.1, 0.15) is 12.6 Å². The number of nitrogen functional groups attached to an aromatic ring is 1. The number of hydrogen-bond acceptors (Lipinski definition) is 6. The average molecular weight is 283 g/mol. The molecular formula is C10H13N5O3S. The fourth-order valence-corrected chi connectivity index (χ4v) is 2.24. The number of nitrogens with one attached hydrogen (secondary N) is 3. The Labute approximate surface area is 110 Å². The summed E-state index contributed by atoms with van der Waals surface area (Å²) in [5.74, 6) is 0.0776. The van der Waals surface area contributed by atoms with E-state index in [0.29, 0.717) is 12.2 Å². The Bertz CT molecular complexity index is 754. The lowest BCUT2D eigenvalue weighted by Crippen LogP contribution is -2.33. The van der Waals surface area contributed by atoms with E-state index >= 15 is 0 Å². The minimum absolute atomic E-state index is 0.0776. The van der Waals surface area contributed by atoms with Gasteiger partial charge in [0.15, 0.2) is 0 Å². The van der Waals surface area contributed by atoms with E-state index in [-0.39, 0.29) is 22.9 Å². The lowest BCUT2D eigenvalue weighted by atomic mass is 10.4. The number of H-pyrrole nitrogens is 2. The summed E-state index contributed by atoms with van der Waals surface area (Å²) in [6.07, 6.45) is 0. The van der Waals surface area contributed by atoms with Crippen molar-refractivity contribution >= 4 is 22.8 Å². The zero-order valence-electron chi connectivity index (χ0n) is 10.1. The molecule has 0 aromatic carbocycles. The van der Waals surface area contributed by atoms with Gasteiger partial charge in [-0.15, -0.1) is 0 Å². The second kappa shape index (κ2) is 5.14. The van der Waals surface area contributed by atoms with Crippen LogP contribution in [0.3, 0.4) is 0 Å². The summed E-state index contributed by atoms with van der Waals surface area (Å²) in [6.45, 7) is 2.34. The summed E-state index contributed by atoms with van der Waals surface area (Å²) in [5, 5.41) is 4.47. The Hall–Kier alpha value is -2.29. The molecule has 0 atom stereocenters. The van der Waals surface area contributed by atoms with Crippen LogP contribution in [0.25, 0.3) is 0 Å². The Morgan fingerprint density at radius 3 is 2.68 bits per heavy atom. The maximum Gasteiger partial charge on any atom is 0.330 e. The van der Waals surface area contributed by atoms with Gasteiger partial charge < -0.3 is 16.0 Å². The van der Waals surface area contributed by atoms with E-state index in [9.17, 15) is 14.4 Å². The van der Waals surface area contributed by atoms with Crippen LogP contribution < -0.4 is 27.2 Å². The first-order valence-corrected chi connectivity index (χ1v) is 6.44. The van der Waals surface area contributed by atoms with E-state index in [1.165, 1.54) is 4.57 Å². The first-order chi connectivity index (χ1) is 9.02. The number of anilines is 2. The molecular weight excluding hydrogens is 270 g/mol. The summed E-state index contributed by atoms with van der Waals surface area (Å²) in [4.78, 5) is 38.7. The van der Waals surface area contributed by atoms with Gasteiger partial charge >= 0.3 is 10.6 Å². The van der Waals surface area contributed by atoms with Crippen molar-refractivity contribution in [1.82, 2.24) is 14.5 Å². The summed E-state index contributed by atoms with van der Waals surface area (Å²) in [7, 11) is 0. The van der Waals surface area contributed by atoms with Crippen LogP contribution in [0.4, 0.5) is 11.5 Å². The molecule has 2 aromatic rings. The van der Waals surface area contributed by atoms with Crippen molar-refractivity contribution in [2.75, 3.05) is 11.1 Å². The van der Waals surface area contributed by atoms with Gasteiger partial charge in [-0.25, -0.2) is 4.79 Å². The van der Waals surface area contributed by atoms with Crippen molar-refractivity contribution in [2.24, 2.45) is 0 Å². The van der Waals surface area contributed by atoms with Gasteiger partial charge in [0.05, 0.1) is 6.54 Å². The normalized spacial score (nSPS) is 10.6. The Morgan fingerprint density at radius 1 is 1.37 bits per heavy atom. The molecule has 5 N–H and O–H groups in total. The molecule has 9 heteroatoms. The van der Waals surface area contributed by atoms with Gasteiger partial charge in [-0.2, -0.15) is 0 Å². The van der Waals surface area contributed by atoms with Crippen LogP contribution in [0.15, 0.2) is 19.8 Å². The number of rotatable bonds is 4. The molecule has 2 rings (SSSR count). The van der Waals surface area contributed by atoms with Gasteiger partial charge in [0.1, 0.15) is 11.5 Å². The van der Waals surface area contributed by atoms with Crippen LogP contribution in [0.5, 0.6) is 0 Å². The van der Waals surface area contributed by atoms with Crippen LogP contribution >= 0.6 is 11.3 Å². The predicted molar refractivity (Wildman–Crippen MR) is 73.7 cm³/mol. The van der Waals surface area contributed by atoms with E-state index in [4.69, 9.17) is 5.73 Å². The molecule has 0 bridgehead atoms. The predicted octanol–water partition coefficient (Wildman–Crippen LogP) is -0.499. The van der Waals surface area contributed by atoms with Gasteiger partial charge in [-0.05, 0) is 6.92 Å². The maximum absolute atomic E-state index is 11.7. The third-order valence-electron chi connectivity index (χ3n) is 2.58. The van der Waals surface area contributed by atoms with Crippen molar-refractivity contribution < 1.29 is 0 Å². The third-order valence-corrected chi connectivity index (χ3v) is 3.30. The summed E-state index contributed by atoms with van der Waals surface area (Å²) < 4.78 is 1.25. The molecule has 0 aliphatic rings. The largest absolute Gasteiger partial charge is 0.383 e. The van der Waals surface area contributed by atoms with Gasteiger partial charge in [-0.3, -0.25) is 19.1 Å². The first-order valence-electron chi connectivity index (χ1n) is 5.56. The number of nitrogens with zero attached hydrogens (tertiary/aromatic N) is 1. The monoisotopic (exact) mass is 283 g/mol. The molecule has 0 saturated heterocycles. The van der Waals surface area contributed by atoms with Crippen molar-refractivity contribution in [3.8, 4) is 0 Å². The van der Waals surface area contributed by atoms with E-state index in [1.807, 2.05) is 0 Å². The molecule has 2 heterocycles. The van der Waals surface area contributed by atoms with E-state index in [1.54, 1.807) is 12.3 Å². The lowest BCUT2D eigenvalue weighted by Gasteiger charge is -2.11. The Morgan fingerprint density at radius 2 is 2.11 bits per heavy atom. The molecule has 8 nitrogen and oxygen atoms in total. The fraction of sp³-hybridized carbons (Fsp3) is 0.300. The molecule has 0 aliphatic carbocycles. The lowest BCUT2D eigenvalue weighted by molar-refractivity contribution is 0.706. The second-order valence-corrected chi connectivity index (χ2v) is 4.63. The molecule has 0 saturated carbocycles. The van der Waals surface area contributed by atoms with E-state index < -0.39 is 11.2 Å². The first kappa shape index (κ1) is 13.1. The molecule has 0 unspecified atom stereocenters. The quantitative estimate of drug-likeness (QED) is 0.602. The Kier molecular flexibility index (Phi) is 3.56. The van der Waals surface area contributed by atoms with Crippen LogP contribution in [-0.2, 0) is 13.1 Å². The SMILES string of the molecule is CCn1c(N)c(NCc2csc(=O)[nH]2)c(=O)[nH]c1=O. The minimum atomic E-state index is -0.579. The molecule has 0 spiro atoms. The van der Waals surface area contributed by atoms with Crippen molar-refractivity contribution in [1.29, 1.82) is 0 Å². The molecule has 0 fully saturated rings. The number of hydrogen-bond donors (Lipinski definition) is 4. The van der Waals surface area contributed by atoms with Crippen LogP contribution in [0.2, 0.25) is 0 Å². The molecule has 0 radical (unpaired) electrons.